The van der Waals surface area contributed by atoms with Crippen LogP contribution in [0.4, 0.5) is 0 Å². The Hall–Kier alpha value is -2.38. The molecule has 2 aliphatic rings. The lowest BCUT2D eigenvalue weighted by molar-refractivity contribution is 0.101. The van der Waals surface area contributed by atoms with Crippen LogP contribution in [-0.2, 0) is 6.54 Å². The van der Waals surface area contributed by atoms with Crippen LogP contribution in [0.25, 0.3) is 6.08 Å². The van der Waals surface area contributed by atoms with Gasteiger partial charge in [0.1, 0.15) is 11.5 Å². The van der Waals surface area contributed by atoms with Gasteiger partial charge in [0.2, 0.25) is 5.78 Å². The lowest BCUT2D eigenvalue weighted by atomic mass is 10.0. The Kier molecular flexibility index (Phi) is 5.87. The van der Waals surface area contributed by atoms with Gasteiger partial charge in [-0.05, 0) is 29.8 Å². The van der Waals surface area contributed by atoms with Gasteiger partial charge in [0.05, 0.1) is 17.7 Å². The van der Waals surface area contributed by atoms with Crippen LogP contribution in [0.15, 0.2) is 42.2 Å². The highest BCUT2D eigenvalue weighted by molar-refractivity contribution is 6.32. The quantitative estimate of drug-likeness (QED) is 0.733. The van der Waals surface area contributed by atoms with Crippen molar-refractivity contribution in [2.45, 2.75) is 6.54 Å². The first-order valence-electron chi connectivity index (χ1n) is 9.66. The molecule has 152 valence electrons. The van der Waals surface area contributed by atoms with Crippen LogP contribution < -0.4 is 4.74 Å². The second kappa shape index (κ2) is 8.55. The lowest BCUT2D eigenvalue weighted by Crippen LogP contribution is -2.46. The van der Waals surface area contributed by atoms with Gasteiger partial charge in [0.25, 0.3) is 0 Å². The molecular weight excluding hydrogens is 392 g/mol. The predicted molar refractivity (Wildman–Crippen MR) is 111 cm³/mol. The third kappa shape index (κ3) is 4.16. The average Bonchev–Trinajstić information content (AvgIpc) is 3.03. The predicted octanol–water partition coefficient (Wildman–Crippen LogP) is 2.77. The maximum atomic E-state index is 12.8. The summed E-state index contributed by atoms with van der Waals surface area (Å²) in [7, 11) is 0. The highest BCUT2D eigenvalue weighted by atomic mass is 35.5. The number of Topliss-reactive ketones (excluding diaryl/α,β-unsaturated/α-hetero) is 1. The zero-order chi connectivity index (χ0) is 20.4. The molecule has 2 aliphatic heterocycles. The molecule has 0 spiro atoms. The summed E-state index contributed by atoms with van der Waals surface area (Å²) in [5.41, 5.74) is 1.78. The standard InChI is InChI=1S/C22H23ClN2O4/c23-18-4-2-1-3-15(18)13-20-21(28)16-5-6-19(27)17(22(16)29-20)14-25-9-7-24(8-10-25)11-12-26/h1-6,13,26-27H,7-12,14H2. The number of ketones is 1. The van der Waals surface area contributed by atoms with E-state index in [0.29, 0.717) is 40.6 Å². The van der Waals surface area contributed by atoms with E-state index >= 15 is 0 Å². The van der Waals surface area contributed by atoms with E-state index in [1.54, 1.807) is 24.3 Å². The number of aromatic hydroxyl groups is 1. The van der Waals surface area contributed by atoms with Crippen molar-refractivity contribution in [1.82, 2.24) is 9.80 Å². The van der Waals surface area contributed by atoms with E-state index < -0.39 is 0 Å². The van der Waals surface area contributed by atoms with E-state index in [1.807, 2.05) is 18.2 Å². The summed E-state index contributed by atoms with van der Waals surface area (Å²) >= 11 is 6.20. The molecule has 0 atom stereocenters. The number of allylic oxidation sites excluding steroid dienone is 1. The number of piperazine rings is 1. The van der Waals surface area contributed by atoms with Crippen LogP contribution in [0.2, 0.25) is 5.02 Å². The van der Waals surface area contributed by atoms with E-state index in [2.05, 4.69) is 9.80 Å². The summed E-state index contributed by atoms with van der Waals surface area (Å²) in [6, 6.07) is 10.4. The van der Waals surface area contributed by atoms with Gasteiger partial charge in [0, 0.05) is 44.3 Å². The Bertz CT molecular complexity index is 952. The molecule has 29 heavy (non-hydrogen) atoms. The highest BCUT2D eigenvalue weighted by Gasteiger charge is 2.32. The van der Waals surface area contributed by atoms with Crippen molar-refractivity contribution in [3.63, 3.8) is 0 Å². The molecule has 0 amide bonds. The average molecular weight is 415 g/mol. The number of hydrogen-bond donors (Lipinski definition) is 2. The van der Waals surface area contributed by atoms with Gasteiger partial charge in [-0.2, -0.15) is 0 Å². The molecule has 0 saturated carbocycles. The number of nitrogens with zero attached hydrogens (tertiary/aromatic N) is 2. The second-order valence-electron chi connectivity index (χ2n) is 7.24. The number of halogens is 1. The van der Waals surface area contributed by atoms with E-state index in [0.717, 1.165) is 26.2 Å². The van der Waals surface area contributed by atoms with E-state index in [1.165, 1.54) is 0 Å². The molecule has 2 aromatic carbocycles. The first kappa shape index (κ1) is 19.9. The molecule has 1 saturated heterocycles. The molecule has 2 aromatic rings. The molecule has 2 heterocycles. The molecule has 0 aliphatic carbocycles. The first-order valence-corrected chi connectivity index (χ1v) is 10.0. The number of benzene rings is 2. The van der Waals surface area contributed by atoms with Gasteiger partial charge < -0.3 is 14.9 Å². The minimum absolute atomic E-state index is 0.119. The van der Waals surface area contributed by atoms with Crippen LogP contribution in [-0.4, -0.2) is 65.1 Å². The van der Waals surface area contributed by atoms with Crippen LogP contribution in [0.5, 0.6) is 11.5 Å². The Morgan fingerprint density at radius 1 is 1.07 bits per heavy atom. The molecule has 0 radical (unpaired) electrons. The molecule has 4 rings (SSSR count). The Morgan fingerprint density at radius 3 is 2.52 bits per heavy atom. The fraction of sp³-hybridized carbons (Fsp3) is 0.318. The molecular formula is C22H23ClN2O4. The maximum Gasteiger partial charge on any atom is 0.231 e. The van der Waals surface area contributed by atoms with Crippen molar-refractivity contribution in [3.8, 4) is 11.5 Å². The number of aliphatic hydroxyl groups is 1. The van der Waals surface area contributed by atoms with E-state index in [9.17, 15) is 9.90 Å². The summed E-state index contributed by atoms with van der Waals surface area (Å²) in [6.45, 7) is 4.67. The van der Waals surface area contributed by atoms with Gasteiger partial charge >= 0.3 is 0 Å². The number of ether oxygens (including phenoxy) is 1. The number of carbonyl (C=O) groups excluding carboxylic acids is 1. The molecule has 0 aromatic heterocycles. The first-order chi connectivity index (χ1) is 14.1. The summed E-state index contributed by atoms with van der Waals surface area (Å²) in [5.74, 6) is 0.529. The third-order valence-electron chi connectivity index (χ3n) is 5.37. The number of aliphatic hydroxyl groups excluding tert-OH is 1. The monoisotopic (exact) mass is 414 g/mol. The summed E-state index contributed by atoms with van der Waals surface area (Å²) in [4.78, 5) is 17.2. The fourth-order valence-electron chi connectivity index (χ4n) is 3.72. The van der Waals surface area contributed by atoms with E-state index in [4.69, 9.17) is 21.4 Å². The summed E-state index contributed by atoms with van der Waals surface area (Å²) in [6.07, 6.45) is 1.64. The molecule has 6 nitrogen and oxygen atoms in total. The number of β-amino-alcohol motifs (C(OH)–C–C–N with tert-alkyl or cyclic N) is 1. The number of hydrogen-bond acceptors (Lipinski definition) is 6. The normalized spacial score (nSPS) is 18.8. The van der Waals surface area contributed by atoms with Crippen molar-refractivity contribution in [2.75, 3.05) is 39.3 Å². The largest absolute Gasteiger partial charge is 0.507 e. The van der Waals surface area contributed by atoms with Gasteiger partial charge in [-0.15, -0.1) is 0 Å². The maximum absolute atomic E-state index is 12.8. The van der Waals surface area contributed by atoms with Crippen LogP contribution in [0.1, 0.15) is 21.5 Å². The van der Waals surface area contributed by atoms with Crippen molar-refractivity contribution >= 4 is 23.5 Å². The number of carbonyl (C=O) groups is 1. The van der Waals surface area contributed by atoms with Gasteiger partial charge in [-0.25, -0.2) is 0 Å². The van der Waals surface area contributed by atoms with Crippen molar-refractivity contribution in [3.05, 3.63) is 63.9 Å². The number of rotatable bonds is 5. The Morgan fingerprint density at radius 2 is 1.79 bits per heavy atom. The second-order valence-corrected chi connectivity index (χ2v) is 7.65. The molecule has 0 unspecified atom stereocenters. The summed E-state index contributed by atoms with van der Waals surface area (Å²) in [5, 5.41) is 20.1. The lowest BCUT2D eigenvalue weighted by Gasteiger charge is -2.34. The van der Waals surface area contributed by atoms with Crippen molar-refractivity contribution in [2.24, 2.45) is 0 Å². The topological polar surface area (TPSA) is 73.2 Å². The van der Waals surface area contributed by atoms with Crippen LogP contribution in [0, 0.1) is 0 Å². The van der Waals surface area contributed by atoms with E-state index in [-0.39, 0.29) is 23.9 Å². The zero-order valence-electron chi connectivity index (χ0n) is 16.0. The summed E-state index contributed by atoms with van der Waals surface area (Å²) < 4.78 is 5.91. The van der Waals surface area contributed by atoms with Crippen LogP contribution >= 0.6 is 11.6 Å². The van der Waals surface area contributed by atoms with Crippen molar-refractivity contribution < 1.29 is 19.7 Å². The van der Waals surface area contributed by atoms with Gasteiger partial charge in [0.15, 0.2) is 5.76 Å². The number of phenols is 1. The van der Waals surface area contributed by atoms with Gasteiger partial charge in [-0.1, -0.05) is 29.8 Å². The zero-order valence-corrected chi connectivity index (χ0v) is 16.7. The number of fused-ring (bicyclic) bond motifs is 1. The molecule has 2 N–H and O–H groups in total. The molecule has 7 heteroatoms. The minimum atomic E-state index is -0.214. The van der Waals surface area contributed by atoms with Crippen LogP contribution in [0.3, 0.4) is 0 Å². The fourth-order valence-corrected chi connectivity index (χ4v) is 3.91. The molecule has 1 fully saturated rings. The smallest absolute Gasteiger partial charge is 0.231 e. The number of phenolic OH excluding ortho intramolecular Hbond substituents is 1. The third-order valence-corrected chi connectivity index (χ3v) is 5.72. The van der Waals surface area contributed by atoms with Gasteiger partial charge in [-0.3, -0.25) is 14.6 Å². The Balaban J connectivity index is 1.56. The van der Waals surface area contributed by atoms with Crippen molar-refractivity contribution in [1.29, 1.82) is 0 Å². The Labute approximate surface area is 174 Å². The SMILES string of the molecule is O=C1C(=Cc2ccccc2Cl)Oc2c1ccc(O)c2CN1CCN(CCO)CC1. The highest BCUT2D eigenvalue weighted by Crippen LogP contribution is 2.40. The molecule has 0 bridgehead atoms. The minimum Gasteiger partial charge on any atom is -0.507 e.